The van der Waals surface area contributed by atoms with Crippen molar-refractivity contribution in [2.75, 3.05) is 0 Å². The van der Waals surface area contributed by atoms with Gasteiger partial charge >= 0.3 is 0 Å². The normalized spacial score (nSPS) is 13.0. The fourth-order valence-corrected chi connectivity index (χ4v) is 18.1. The first-order valence-corrected chi connectivity index (χ1v) is 31.9. The van der Waals surface area contributed by atoms with Crippen molar-refractivity contribution in [3.8, 4) is 22.7 Å². The number of fused-ring (bicyclic) bond motifs is 32. The monoisotopic (exact) mass is 1150 g/mol. The van der Waals surface area contributed by atoms with Crippen molar-refractivity contribution in [2.24, 2.45) is 0 Å². The SMILES string of the molecule is c1ccc2c(c1)ccc1c2c2c3ccccc3ccc2n1-c1cc(-n2c3ccc4ccccc4c3c3c4ccccc4ccc32)c2c3c1-n1c4ccc5ccccc5c4c4c5ccccc5cc(c41)B3c1cc3ccccc3c3c4c5ccccc5ccc4n-2c13. The molecule has 21 aromatic rings. The summed E-state index contributed by atoms with van der Waals surface area (Å²) in [7, 11) is 0. The fourth-order valence-electron chi connectivity index (χ4n) is 18.1. The molecule has 0 bridgehead atoms. The molecule has 0 aliphatic carbocycles. The van der Waals surface area contributed by atoms with Crippen LogP contribution in [-0.4, -0.2) is 25.0 Å². The molecule has 0 saturated heterocycles. The Balaban J connectivity index is 1.05. The largest absolute Gasteiger partial charge is 0.308 e. The quantitative estimate of drug-likeness (QED) is 0.154. The molecular formula is C86H47BN4. The van der Waals surface area contributed by atoms with Crippen LogP contribution in [0.15, 0.2) is 285 Å². The lowest BCUT2D eigenvalue weighted by molar-refractivity contribution is 1.05. The van der Waals surface area contributed by atoms with Crippen LogP contribution in [0.25, 0.3) is 196 Å². The highest BCUT2D eigenvalue weighted by molar-refractivity contribution is 7.01. The molecule has 91 heavy (non-hydrogen) atoms. The van der Waals surface area contributed by atoms with Crippen LogP contribution < -0.4 is 16.4 Å². The summed E-state index contributed by atoms with van der Waals surface area (Å²) in [5.41, 5.74) is 18.2. The molecule has 2 aliphatic rings. The zero-order valence-corrected chi connectivity index (χ0v) is 49.0. The van der Waals surface area contributed by atoms with E-state index in [4.69, 9.17) is 0 Å². The Morgan fingerprint density at radius 3 is 0.714 bits per heavy atom. The van der Waals surface area contributed by atoms with E-state index in [1.54, 1.807) is 0 Å². The lowest BCUT2D eigenvalue weighted by Gasteiger charge is -2.37. The Hall–Kier alpha value is -11.9. The second-order valence-electron chi connectivity index (χ2n) is 25.7. The minimum absolute atomic E-state index is 0.224. The Labute approximate surface area is 519 Å². The molecule has 4 aromatic heterocycles. The Bertz CT molecular complexity index is 6430. The minimum Gasteiger partial charge on any atom is -0.308 e. The van der Waals surface area contributed by atoms with Gasteiger partial charge in [-0.2, -0.15) is 0 Å². The smallest absolute Gasteiger partial charge is 0.252 e. The van der Waals surface area contributed by atoms with E-state index in [9.17, 15) is 0 Å². The van der Waals surface area contributed by atoms with Crippen molar-refractivity contribution in [3.63, 3.8) is 0 Å². The summed E-state index contributed by atoms with van der Waals surface area (Å²) in [5.74, 6) is 0. The van der Waals surface area contributed by atoms with Gasteiger partial charge in [0.15, 0.2) is 0 Å². The van der Waals surface area contributed by atoms with Crippen molar-refractivity contribution in [1.82, 2.24) is 18.3 Å². The zero-order chi connectivity index (χ0) is 58.6. The van der Waals surface area contributed by atoms with E-state index >= 15 is 0 Å². The molecule has 0 spiro atoms. The van der Waals surface area contributed by atoms with Crippen LogP contribution in [0.3, 0.4) is 0 Å². The zero-order valence-electron chi connectivity index (χ0n) is 49.0. The molecule has 17 aromatic carbocycles. The lowest BCUT2D eigenvalue weighted by Crippen LogP contribution is -2.60. The van der Waals surface area contributed by atoms with Gasteiger partial charge in [0, 0.05) is 43.1 Å². The van der Waals surface area contributed by atoms with E-state index in [2.05, 4.69) is 303 Å². The van der Waals surface area contributed by atoms with E-state index in [1.807, 2.05) is 0 Å². The Morgan fingerprint density at radius 2 is 0.429 bits per heavy atom. The highest BCUT2D eigenvalue weighted by Crippen LogP contribution is 2.52. The molecule has 414 valence electrons. The first-order chi connectivity index (χ1) is 45.2. The van der Waals surface area contributed by atoms with Crippen molar-refractivity contribution in [1.29, 1.82) is 0 Å². The van der Waals surface area contributed by atoms with Crippen LogP contribution in [0.1, 0.15) is 0 Å². The number of rotatable bonds is 2. The van der Waals surface area contributed by atoms with Gasteiger partial charge in [0.2, 0.25) is 0 Å². The molecule has 0 fully saturated rings. The maximum Gasteiger partial charge on any atom is 0.252 e. The predicted molar refractivity (Wildman–Crippen MR) is 389 cm³/mol. The number of aromatic nitrogens is 4. The van der Waals surface area contributed by atoms with Gasteiger partial charge in [-0.3, -0.25) is 0 Å². The average molecular weight is 1150 g/mol. The van der Waals surface area contributed by atoms with E-state index < -0.39 is 0 Å². The second kappa shape index (κ2) is 16.6. The van der Waals surface area contributed by atoms with Crippen molar-refractivity contribution < 1.29 is 0 Å². The first kappa shape index (κ1) is 47.2. The number of hydrogen-bond acceptors (Lipinski definition) is 0. The lowest BCUT2D eigenvalue weighted by atomic mass is 9.34. The third-order valence-corrected chi connectivity index (χ3v) is 21.5. The standard InChI is InChI=1S/C86H47BN4/c1-9-25-56-48(17-1)33-39-66-74(56)75-57-26-10-2-18-49(57)34-40-67(75)88(66)72-47-73(89-68-41-35-50-19-3-11-27-58(50)76(68)77-59-28-12-4-20-51(59)36-42-69(77)89)86-82-85(72)90-70-43-37-52-21-5-13-29-60(52)78(70)80-62-31-15-7-23-54(62)45-64(83(80)90)87(82)65-46-55-24-8-16-32-63(55)81-79-61-30-14-6-22-53(61)38-44-71(79)91(86)84(65)81/h1-47H. The minimum atomic E-state index is -0.224. The summed E-state index contributed by atoms with van der Waals surface area (Å²) in [4.78, 5) is 0. The molecule has 2 aliphatic heterocycles. The number of benzene rings is 17. The molecule has 0 amide bonds. The second-order valence-corrected chi connectivity index (χ2v) is 25.7. The van der Waals surface area contributed by atoms with Crippen LogP contribution in [-0.2, 0) is 0 Å². The third-order valence-electron chi connectivity index (χ3n) is 21.5. The molecule has 23 rings (SSSR count). The molecule has 0 saturated carbocycles. The highest BCUT2D eigenvalue weighted by Gasteiger charge is 2.45. The van der Waals surface area contributed by atoms with E-state index in [0.717, 1.165) is 11.4 Å². The highest BCUT2D eigenvalue weighted by atomic mass is 15.1. The maximum absolute atomic E-state index is 2.75. The number of hydrogen-bond donors (Lipinski definition) is 0. The van der Waals surface area contributed by atoms with Crippen LogP contribution >= 0.6 is 0 Å². The van der Waals surface area contributed by atoms with Crippen LogP contribution in [0.5, 0.6) is 0 Å². The van der Waals surface area contributed by atoms with Crippen molar-refractivity contribution in [3.05, 3.63) is 285 Å². The van der Waals surface area contributed by atoms with Gasteiger partial charge in [-0.25, -0.2) is 0 Å². The van der Waals surface area contributed by atoms with Crippen LogP contribution in [0, 0.1) is 0 Å². The summed E-state index contributed by atoms with van der Waals surface area (Å²) in [5, 5.41) is 30.1. The van der Waals surface area contributed by atoms with Gasteiger partial charge in [0.1, 0.15) is 0 Å². The first-order valence-electron chi connectivity index (χ1n) is 31.9. The molecule has 5 heteroatoms. The molecule has 6 heterocycles. The number of nitrogens with zero attached hydrogens (tertiary/aromatic N) is 4. The third kappa shape index (κ3) is 5.68. The fraction of sp³-hybridized carbons (Fsp3) is 0. The van der Waals surface area contributed by atoms with E-state index in [0.29, 0.717) is 0 Å². The van der Waals surface area contributed by atoms with Gasteiger partial charge in [0.25, 0.3) is 6.71 Å². The molecule has 0 atom stereocenters. The van der Waals surface area contributed by atoms with E-state index in [-0.39, 0.29) is 6.71 Å². The van der Waals surface area contributed by atoms with Gasteiger partial charge in [-0.1, -0.05) is 243 Å². The van der Waals surface area contributed by atoms with Gasteiger partial charge in [-0.15, -0.1) is 0 Å². The van der Waals surface area contributed by atoms with E-state index in [1.165, 1.54) is 201 Å². The topological polar surface area (TPSA) is 19.7 Å². The van der Waals surface area contributed by atoms with Gasteiger partial charge < -0.3 is 18.3 Å². The average Bonchev–Trinajstić information content (AvgIpc) is 1.54. The summed E-state index contributed by atoms with van der Waals surface area (Å²) in [6.07, 6.45) is 0. The van der Waals surface area contributed by atoms with Gasteiger partial charge in [-0.05, 0) is 145 Å². The molecular weight excluding hydrogens is 1100 g/mol. The van der Waals surface area contributed by atoms with Crippen molar-refractivity contribution >= 4 is 197 Å². The Kier molecular flexibility index (Phi) is 8.62. The molecule has 0 unspecified atom stereocenters. The van der Waals surface area contributed by atoms with Crippen LogP contribution in [0.2, 0.25) is 0 Å². The van der Waals surface area contributed by atoms with Crippen molar-refractivity contribution in [2.45, 2.75) is 0 Å². The Morgan fingerprint density at radius 1 is 0.198 bits per heavy atom. The summed E-state index contributed by atoms with van der Waals surface area (Å²) >= 11 is 0. The molecule has 0 N–H and O–H groups in total. The summed E-state index contributed by atoms with van der Waals surface area (Å²) in [6, 6.07) is 109. The summed E-state index contributed by atoms with van der Waals surface area (Å²) in [6.45, 7) is -0.224. The molecule has 0 radical (unpaired) electrons. The van der Waals surface area contributed by atoms with Crippen LogP contribution in [0.4, 0.5) is 0 Å². The predicted octanol–water partition coefficient (Wildman–Crippen LogP) is 20.4. The summed E-state index contributed by atoms with van der Waals surface area (Å²) < 4.78 is 10.9. The molecule has 4 nitrogen and oxygen atoms in total. The maximum atomic E-state index is 2.75. The van der Waals surface area contributed by atoms with Gasteiger partial charge in [0.05, 0.1) is 66.9 Å².